The van der Waals surface area contributed by atoms with Crippen LogP contribution in [0.25, 0.3) is 0 Å². The largest absolute Gasteiger partial charge is 0.388 e. The Kier molecular flexibility index (Phi) is 4.09. The summed E-state index contributed by atoms with van der Waals surface area (Å²) in [5, 5.41) is 15.2. The van der Waals surface area contributed by atoms with Gasteiger partial charge in [-0.05, 0) is 37.1 Å². The minimum atomic E-state index is -0.358. The fraction of sp³-hybridized carbons (Fsp3) is 0.357. The van der Waals surface area contributed by atoms with Crippen molar-refractivity contribution in [3.8, 4) is 0 Å². The van der Waals surface area contributed by atoms with Crippen molar-refractivity contribution in [3.05, 3.63) is 41.6 Å². The molecular formula is C14H18N2OS. The SMILES string of the molecule is CC[C@H](O)c1ccc(Sc2cc(C)nn2C)cc1. The van der Waals surface area contributed by atoms with Crippen LogP contribution in [0.1, 0.15) is 30.7 Å². The molecule has 1 heterocycles. The lowest BCUT2D eigenvalue weighted by Crippen LogP contribution is -1.94. The Bertz CT molecular complexity index is 519. The molecule has 1 atom stereocenters. The van der Waals surface area contributed by atoms with E-state index in [0.717, 1.165) is 27.6 Å². The topological polar surface area (TPSA) is 38.1 Å². The van der Waals surface area contributed by atoms with Crippen molar-refractivity contribution >= 4 is 11.8 Å². The summed E-state index contributed by atoms with van der Waals surface area (Å²) in [6, 6.07) is 10.1. The predicted molar refractivity (Wildman–Crippen MR) is 73.8 cm³/mol. The number of aliphatic hydroxyl groups excluding tert-OH is 1. The van der Waals surface area contributed by atoms with Gasteiger partial charge in [-0.15, -0.1) is 0 Å². The minimum Gasteiger partial charge on any atom is -0.388 e. The van der Waals surface area contributed by atoms with Crippen LogP contribution in [0.2, 0.25) is 0 Å². The van der Waals surface area contributed by atoms with Gasteiger partial charge in [0.1, 0.15) is 0 Å². The first-order valence-corrected chi connectivity index (χ1v) is 6.88. The van der Waals surface area contributed by atoms with Crippen molar-refractivity contribution in [1.82, 2.24) is 9.78 Å². The summed E-state index contributed by atoms with van der Waals surface area (Å²) in [6.45, 7) is 3.97. The number of benzene rings is 1. The van der Waals surface area contributed by atoms with Crippen molar-refractivity contribution < 1.29 is 5.11 Å². The fourth-order valence-electron chi connectivity index (χ4n) is 1.80. The van der Waals surface area contributed by atoms with Crippen molar-refractivity contribution in [2.45, 2.75) is 36.3 Å². The van der Waals surface area contributed by atoms with Gasteiger partial charge in [0.05, 0.1) is 16.8 Å². The first-order chi connectivity index (χ1) is 8.60. The van der Waals surface area contributed by atoms with Gasteiger partial charge >= 0.3 is 0 Å². The summed E-state index contributed by atoms with van der Waals surface area (Å²) in [5.74, 6) is 0. The average molecular weight is 262 g/mol. The lowest BCUT2D eigenvalue weighted by molar-refractivity contribution is 0.173. The summed E-state index contributed by atoms with van der Waals surface area (Å²) in [4.78, 5) is 1.16. The molecular weight excluding hydrogens is 244 g/mol. The van der Waals surface area contributed by atoms with Crippen LogP contribution in [0.4, 0.5) is 0 Å². The van der Waals surface area contributed by atoms with Gasteiger partial charge in [-0.2, -0.15) is 5.10 Å². The van der Waals surface area contributed by atoms with Gasteiger partial charge < -0.3 is 5.11 Å². The summed E-state index contributed by atoms with van der Waals surface area (Å²) in [5.41, 5.74) is 2.00. The van der Waals surface area contributed by atoms with E-state index in [1.165, 1.54) is 0 Å². The van der Waals surface area contributed by atoms with Crippen molar-refractivity contribution in [2.24, 2.45) is 7.05 Å². The maximum Gasteiger partial charge on any atom is 0.0986 e. The third kappa shape index (κ3) is 2.94. The van der Waals surface area contributed by atoms with Gasteiger partial charge in [0.2, 0.25) is 0 Å². The highest BCUT2D eigenvalue weighted by atomic mass is 32.2. The van der Waals surface area contributed by atoms with Gasteiger partial charge in [0.15, 0.2) is 0 Å². The molecule has 96 valence electrons. The smallest absolute Gasteiger partial charge is 0.0986 e. The molecule has 0 aliphatic rings. The zero-order chi connectivity index (χ0) is 13.1. The Morgan fingerprint density at radius 3 is 2.50 bits per heavy atom. The zero-order valence-corrected chi connectivity index (χ0v) is 11.7. The highest BCUT2D eigenvalue weighted by Gasteiger charge is 2.07. The molecule has 0 fully saturated rings. The molecule has 1 N–H and O–H groups in total. The standard InChI is InChI=1S/C14H18N2OS/c1-4-13(17)11-5-7-12(8-6-11)18-14-9-10(2)15-16(14)3/h5-9,13,17H,4H2,1-3H3/t13-/m0/s1. The molecule has 2 rings (SSSR count). The number of rotatable bonds is 4. The maximum atomic E-state index is 9.74. The van der Waals surface area contributed by atoms with Crippen LogP contribution in [0.5, 0.6) is 0 Å². The molecule has 1 aromatic carbocycles. The highest BCUT2D eigenvalue weighted by Crippen LogP contribution is 2.29. The minimum absolute atomic E-state index is 0.358. The van der Waals surface area contributed by atoms with Gasteiger partial charge in [0.25, 0.3) is 0 Å². The molecule has 3 nitrogen and oxygen atoms in total. The summed E-state index contributed by atoms with van der Waals surface area (Å²) < 4.78 is 1.88. The van der Waals surface area contributed by atoms with Crippen LogP contribution in [0, 0.1) is 6.92 Å². The van der Waals surface area contributed by atoms with E-state index in [0.29, 0.717) is 0 Å². The van der Waals surface area contributed by atoms with Crippen molar-refractivity contribution in [3.63, 3.8) is 0 Å². The molecule has 0 radical (unpaired) electrons. The van der Waals surface area contributed by atoms with E-state index in [9.17, 15) is 5.11 Å². The summed E-state index contributed by atoms with van der Waals surface area (Å²) in [6.07, 6.45) is 0.385. The quantitative estimate of drug-likeness (QED) is 0.918. The lowest BCUT2D eigenvalue weighted by atomic mass is 10.1. The van der Waals surface area contributed by atoms with Gasteiger partial charge in [-0.3, -0.25) is 4.68 Å². The third-order valence-corrected chi connectivity index (χ3v) is 3.93. The molecule has 2 aromatic rings. The Morgan fingerprint density at radius 1 is 1.33 bits per heavy atom. The van der Waals surface area contributed by atoms with E-state index >= 15 is 0 Å². The van der Waals surface area contributed by atoms with Crippen LogP contribution in [0.3, 0.4) is 0 Å². The van der Waals surface area contributed by atoms with Gasteiger partial charge in [-0.25, -0.2) is 0 Å². The normalized spacial score (nSPS) is 12.7. The van der Waals surface area contributed by atoms with Gasteiger partial charge in [0, 0.05) is 11.9 Å². The fourth-order valence-corrected chi connectivity index (χ4v) is 2.71. The van der Waals surface area contributed by atoms with E-state index in [1.54, 1.807) is 11.8 Å². The van der Waals surface area contributed by atoms with Crippen LogP contribution < -0.4 is 0 Å². The second-order valence-electron chi connectivity index (χ2n) is 4.34. The number of aliphatic hydroxyl groups is 1. The van der Waals surface area contributed by atoms with E-state index in [4.69, 9.17) is 0 Å². The molecule has 1 aromatic heterocycles. The van der Waals surface area contributed by atoms with E-state index in [2.05, 4.69) is 11.2 Å². The Morgan fingerprint density at radius 2 is 2.00 bits per heavy atom. The first-order valence-electron chi connectivity index (χ1n) is 6.06. The molecule has 4 heteroatoms. The van der Waals surface area contributed by atoms with Crippen LogP contribution in [-0.4, -0.2) is 14.9 Å². The zero-order valence-electron chi connectivity index (χ0n) is 10.9. The number of aryl methyl sites for hydroxylation is 2. The van der Waals surface area contributed by atoms with Crippen molar-refractivity contribution in [2.75, 3.05) is 0 Å². The third-order valence-electron chi connectivity index (χ3n) is 2.83. The Balaban J connectivity index is 2.13. The van der Waals surface area contributed by atoms with Gasteiger partial charge in [-0.1, -0.05) is 30.8 Å². The second kappa shape index (κ2) is 5.59. The molecule has 0 saturated carbocycles. The Labute approximate surface area is 112 Å². The van der Waals surface area contributed by atoms with E-state index in [1.807, 2.05) is 49.8 Å². The molecule has 0 aliphatic heterocycles. The molecule has 18 heavy (non-hydrogen) atoms. The summed E-state index contributed by atoms with van der Waals surface area (Å²) in [7, 11) is 1.95. The number of hydrogen-bond acceptors (Lipinski definition) is 3. The van der Waals surface area contributed by atoms with Crippen LogP contribution in [-0.2, 0) is 7.05 Å². The lowest BCUT2D eigenvalue weighted by Gasteiger charge is -2.08. The van der Waals surface area contributed by atoms with Crippen LogP contribution in [0.15, 0.2) is 40.3 Å². The maximum absolute atomic E-state index is 9.74. The highest BCUT2D eigenvalue weighted by molar-refractivity contribution is 7.99. The molecule has 0 saturated heterocycles. The number of nitrogens with zero attached hydrogens (tertiary/aromatic N) is 2. The number of hydrogen-bond donors (Lipinski definition) is 1. The molecule has 0 amide bonds. The molecule has 0 spiro atoms. The van der Waals surface area contributed by atoms with Crippen LogP contribution >= 0.6 is 11.8 Å². The average Bonchev–Trinajstić information content (AvgIpc) is 2.68. The number of aromatic nitrogens is 2. The Hall–Kier alpha value is -1.26. The van der Waals surface area contributed by atoms with Crippen molar-refractivity contribution in [1.29, 1.82) is 0 Å². The van der Waals surface area contributed by atoms with E-state index < -0.39 is 0 Å². The van der Waals surface area contributed by atoms with E-state index in [-0.39, 0.29) is 6.10 Å². The molecule has 0 aliphatic carbocycles. The predicted octanol–water partition coefficient (Wildman–Crippen LogP) is 3.32. The summed E-state index contributed by atoms with van der Waals surface area (Å²) >= 11 is 1.68. The molecule has 0 unspecified atom stereocenters. The first kappa shape index (κ1) is 13.2. The second-order valence-corrected chi connectivity index (χ2v) is 5.44. The monoisotopic (exact) mass is 262 g/mol. The molecule has 0 bridgehead atoms.